The molecule has 0 saturated carbocycles. The van der Waals surface area contributed by atoms with Crippen molar-refractivity contribution < 1.29 is 0 Å². The Morgan fingerprint density at radius 3 is 2.41 bits per heavy atom. The lowest BCUT2D eigenvalue weighted by molar-refractivity contribution is 0.649. The summed E-state index contributed by atoms with van der Waals surface area (Å²) in [5.41, 5.74) is 5.49. The van der Waals surface area contributed by atoms with Gasteiger partial charge >= 0.3 is 0 Å². The molecule has 2 heterocycles. The number of hydrogen-bond donors (Lipinski definition) is 1. The van der Waals surface area contributed by atoms with E-state index in [0.717, 1.165) is 40.7 Å². The summed E-state index contributed by atoms with van der Waals surface area (Å²) >= 11 is 2.37. The molecule has 5 nitrogen and oxygen atoms in total. The van der Waals surface area contributed by atoms with Crippen molar-refractivity contribution in [1.29, 1.82) is 0 Å². The monoisotopic (exact) mass is 533 g/mol. The molecule has 3 aromatic carbocycles. The van der Waals surface area contributed by atoms with Crippen LogP contribution in [-0.4, -0.2) is 34.1 Å². The number of nitrogens with zero attached hydrogens (tertiary/aromatic N) is 4. The quantitative estimate of drug-likeness (QED) is 0.362. The molecule has 1 aliphatic rings. The first-order valence-electron chi connectivity index (χ1n) is 10.8. The van der Waals surface area contributed by atoms with Crippen LogP contribution in [-0.2, 0) is 0 Å². The molecule has 0 aliphatic carbocycles. The van der Waals surface area contributed by atoms with Crippen LogP contribution in [0, 0.1) is 3.57 Å². The molecule has 1 N–H and O–H groups in total. The molecule has 1 aliphatic heterocycles. The van der Waals surface area contributed by atoms with Crippen LogP contribution in [0.3, 0.4) is 0 Å². The number of rotatable bonds is 5. The number of aliphatic imine (C=N–C) groups is 1. The fraction of sp³-hybridized carbons (Fsp3) is 0.192. The fourth-order valence-corrected chi connectivity index (χ4v) is 4.83. The highest BCUT2D eigenvalue weighted by molar-refractivity contribution is 14.1. The number of hydrogen-bond acceptors (Lipinski definition) is 4. The van der Waals surface area contributed by atoms with Gasteiger partial charge in [-0.25, -0.2) is 0 Å². The van der Waals surface area contributed by atoms with Crippen LogP contribution >= 0.6 is 22.6 Å². The number of likely N-dealkylation sites (N-methyl/N-ethyl adjacent to an activating group) is 1. The average Bonchev–Trinajstić information content (AvgIpc) is 3.22. The molecule has 0 bridgehead atoms. The van der Waals surface area contributed by atoms with Crippen molar-refractivity contribution in [2.45, 2.75) is 18.9 Å². The molecule has 0 radical (unpaired) electrons. The van der Waals surface area contributed by atoms with Crippen LogP contribution in [0.2, 0.25) is 0 Å². The van der Waals surface area contributed by atoms with Gasteiger partial charge in [-0.3, -0.25) is 9.56 Å². The van der Waals surface area contributed by atoms with E-state index >= 15 is 0 Å². The number of fused-ring (bicyclic) bond motifs is 3. The zero-order chi connectivity index (χ0) is 22.1. The van der Waals surface area contributed by atoms with E-state index in [-0.39, 0.29) is 12.0 Å². The maximum absolute atomic E-state index is 5.14. The minimum Gasteiger partial charge on any atom is -0.319 e. The summed E-state index contributed by atoms with van der Waals surface area (Å²) in [6.45, 7) is 2.86. The van der Waals surface area contributed by atoms with Crippen LogP contribution in [0.15, 0.2) is 83.9 Å². The Bertz CT molecular complexity index is 1260. The topological polar surface area (TPSA) is 55.1 Å². The van der Waals surface area contributed by atoms with Crippen molar-refractivity contribution in [3.8, 4) is 5.69 Å². The lowest BCUT2D eigenvalue weighted by atomic mass is 9.97. The van der Waals surface area contributed by atoms with Gasteiger partial charge in [0.05, 0.1) is 17.3 Å². The second kappa shape index (κ2) is 8.96. The smallest absolute Gasteiger partial charge is 0.162 e. The van der Waals surface area contributed by atoms with Gasteiger partial charge in [0.2, 0.25) is 0 Å². The van der Waals surface area contributed by atoms with E-state index in [1.807, 2.05) is 19.2 Å². The van der Waals surface area contributed by atoms with E-state index < -0.39 is 0 Å². The molecule has 0 fully saturated rings. The normalized spacial score (nSPS) is 16.0. The van der Waals surface area contributed by atoms with Crippen LogP contribution < -0.4 is 5.32 Å². The first-order chi connectivity index (χ1) is 15.7. The molecule has 6 heteroatoms. The van der Waals surface area contributed by atoms with Crippen molar-refractivity contribution in [2.24, 2.45) is 4.99 Å². The molecule has 0 saturated heterocycles. The van der Waals surface area contributed by atoms with Crippen molar-refractivity contribution in [3.05, 3.63) is 111 Å². The largest absolute Gasteiger partial charge is 0.319 e. The summed E-state index contributed by atoms with van der Waals surface area (Å²) in [6.07, 6.45) is 0. The summed E-state index contributed by atoms with van der Waals surface area (Å²) in [7, 11) is 1.98. The Balaban J connectivity index is 1.75. The molecule has 2 atom stereocenters. The summed E-state index contributed by atoms with van der Waals surface area (Å²) in [5.74, 6) is 1.87. The van der Waals surface area contributed by atoms with E-state index in [1.54, 1.807) is 0 Å². The molecule has 0 spiro atoms. The number of aromatic nitrogens is 3. The van der Waals surface area contributed by atoms with E-state index in [9.17, 15) is 0 Å². The van der Waals surface area contributed by atoms with Gasteiger partial charge < -0.3 is 5.32 Å². The maximum atomic E-state index is 5.14. The second-order valence-electron chi connectivity index (χ2n) is 7.95. The summed E-state index contributed by atoms with van der Waals surface area (Å²) < 4.78 is 3.40. The third-order valence-corrected chi connectivity index (χ3v) is 6.50. The second-order valence-corrected chi connectivity index (χ2v) is 9.20. The van der Waals surface area contributed by atoms with Gasteiger partial charge in [0.1, 0.15) is 11.9 Å². The first-order valence-corrected chi connectivity index (χ1v) is 11.8. The highest BCUT2D eigenvalue weighted by Gasteiger charge is 2.30. The van der Waals surface area contributed by atoms with E-state index in [2.05, 4.69) is 111 Å². The molecule has 1 aromatic heterocycles. The predicted molar refractivity (Wildman–Crippen MR) is 137 cm³/mol. The Morgan fingerprint density at radius 2 is 1.69 bits per heavy atom. The molecule has 32 heavy (non-hydrogen) atoms. The highest BCUT2D eigenvalue weighted by atomic mass is 127. The van der Waals surface area contributed by atoms with Crippen LogP contribution in [0.25, 0.3) is 5.69 Å². The van der Waals surface area contributed by atoms with Crippen molar-refractivity contribution in [3.63, 3.8) is 0 Å². The lowest BCUT2D eigenvalue weighted by Gasteiger charge is -2.20. The molecule has 0 amide bonds. The van der Waals surface area contributed by atoms with Gasteiger partial charge in [-0.05, 0) is 60.3 Å². The Labute approximate surface area is 201 Å². The maximum Gasteiger partial charge on any atom is 0.162 e. The SMILES string of the molecule is CNCC(c1ccccc1)c1nnc2n1-c1ccc(I)cc1C(c1ccccc1)=NC2C. The molecule has 2 unspecified atom stereocenters. The predicted octanol–water partition coefficient (Wildman–Crippen LogP) is 5.14. The first kappa shape index (κ1) is 21.0. The van der Waals surface area contributed by atoms with Gasteiger partial charge in [0.25, 0.3) is 0 Å². The molecule has 160 valence electrons. The molecular formula is C26H24IN5. The molecule has 5 rings (SSSR count). The zero-order valence-electron chi connectivity index (χ0n) is 18.0. The van der Waals surface area contributed by atoms with Crippen LogP contribution in [0.1, 0.15) is 47.2 Å². The highest BCUT2D eigenvalue weighted by Crippen LogP contribution is 2.34. The zero-order valence-corrected chi connectivity index (χ0v) is 20.2. The Kier molecular flexibility index (Phi) is 5.89. The average molecular weight is 533 g/mol. The van der Waals surface area contributed by atoms with Gasteiger partial charge in [-0.1, -0.05) is 60.7 Å². The van der Waals surface area contributed by atoms with Gasteiger partial charge in [0, 0.05) is 21.2 Å². The van der Waals surface area contributed by atoms with E-state index in [4.69, 9.17) is 10.1 Å². The Hall–Kier alpha value is -2.84. The lowest BCUT2D eigenvalue weighted by Crippen LogP contribution is -2.22. The Morgan fingerprint density at radius 1 is 0.969 bits per heavy atom. The van der Waals surface area contributed by atoms with Crippen molar-refractivity contribution >= 4 is 28.3 Å². The number of benzene rings is 3. The van der Waals surface area contributed by atoms with E-state index in [0.29, 0.717) is 0 Å². The fourth-order valence-electron chi connectivity index (χ4n) is 4.34. The van der Waals surface area contributed by atoms with Gasteiger partial charge in [0.15, 0.2) is 5.82 Å². The summed E-state index contributed by atoms with van der Waals surface area (Å²) in [5, 5.41) is 12.7. The van der Waals surface area contributed by atoms with E-state index in [1.165, 1.54) is 9.13 Å². The molecule has 4 aromatic rings. The van der Waals surface area contributed by atoms with Crippen molar-refractivity contribution in [1.82, 2.24) is 20.1 Å². The van der Waals surface area contributed by atoms with Gasteiger partial charge in [-0.15, -0.1) is 10.2 Å². The number of nitrogens with one attached hydrogen (secondary N) is 1. The van der Waals surface area contributed by atoms with Gasteiger partial charge in [-0.2, -0.15) is 0 Å². The van der Waals surface area contributed by atoms with Crippen LogP contribution in [0.5, 0.6) is 0 Å². The van der Waals surface area contributed by atoms with Crippen LogP contribution in [0.4, 0.5) is 0 Å². The summed E-state index contributed by atoms with van der Waals surface area (Å²) in [4.78, 5) is 5.14. The third-order valence-electron chi connectivity index (χ3n) is 5.83. The third kappa shape index (κ3) is 3.78. The minimum absolute atomic E-state index is 0.0695. The van der Waals surface area contributed by atoms with Crippen molar-refractivity contribution in [2.75, 3.05) is 13.6 Å². The summed E-state index contributed by atoms with van der Waals surface area (Å²) in [6, 6.07) is 27.3. The molecular weight excluding hydrogens is 509 g/mol. The standard InChI is InChI=1S/C26H24IN5/c1-17-25-30-31-26(22(16-28-2)18-9-5-3-6-10-18)32(25)23-14-13-20(27)15-21(23)24(29-17)19-11-7-4-8-12-19/h3-15,17,22,28H,16H2,1-2H3. The minimum atomic E-state index is -0.123. The number of halogens is 1.